The van der Waals surface area contributed by atoms with Gasteiger partial charge in [-0.25, -0.2) is 0 Å². The molecule has 4 rings (SSSR count). The van der Waals surface area contributed by atoms with Crippen molar-refractivity contribution in [3.8, 4) is 0 Å². The summed E-state index contributed by atoms with van der Waals surface area (Å²) in [7, 11) is 0. The molecule has 2 fully saturated rings. The molecule has 1 aromatic rings. The molecule has 0 unspecified atom stereocenters. The van der Waals surface area contributed by atoms with Crippen LogP contribution in [0.15, 0.2) is 35.0 Å². The molecule has 0 saturated carbocycles. The zero-order valence-corrected chi connectivity index (χ0v) is 10.4. The molecule has 1 aromatic heterocycles. The SMILES string of the molecule is C[C@@]12C=C[C@@H](O1)[C@@H]1C(=O)N(Cc3ccco3)C(=O)[C@H]12. The third-order valence-electron chi connectivity index (χ3n) is 4.31. The fourth-order valence-electron chi connectivity index (χ4n) is 3.43. The number of fused-ring (bicyclic) bond motifs is 5. The number of nitrogens with zero attached hydrogens (tertiary/aromatic N) is 1. The molecule has 5 heteroatoms. The van der Waals surface area contributed by atoms with Crippen LogP contribution in [0.5, 0.6) is 0 Å². The van der Waals surface area contributed by atoms with Crippen molar-refractivity contribution in [2.45, 2.75) is 25.2 Å². The van der Waals surface area contributed by atoms with Gasteiger partial charge in [-0.2, -0.15) is 0 Å². The van der Waals surface area contributed by atoms with E-state index in [-0.39, 0.29) is 36.3 Å². The minimum absolute atomic E-state index is 0.149. The van der Waals surface area contributed by atoms with Crippen molar-refractivity contribution in [1.82, 2.24) is 4.90 Å². The maximum Gasteiger partial charge on any atom is 0.236 e. The largest absolute Gasteiger partial charge is 0.467 e. The molecule has 5 nitrogen and oxygen atoms in total. The van der Waals surface area contributed by atoms with Gasteiger partial charge in [-0.3, -0.25) is 14.5 Å². The zero-order valence-electron chi connectivity index (χ0n) is 10.4. The molecule has 0 spiro atoms. The molecule has 0 aliphatic carbocycles. The lowest BCUT2D eigenvalue weighted by molar-refractivity contribution is -0.144. The van der Waals surface area contributed by atoms with Crippen LogP contribution in [-0.2, 0) is 20.9 Å². The Balaban J connectivity index is 1.68. The molecule has 2 amide bonds. The first kappa shape index (κ1) is 11.0. The first-order chi connectivity index (χ1) is 9.10. The summed E-state index contributed by atoms with van der Waals surface area (Å²) >= 11 is 0. The number of carbonyl (C=O) groups excluding carboxylic acids is 2. The van der Waals surface area contributed by atoms with E-state index in [4.69, 9.17) is 9.15 Å². The number of likely N-dealkylation sites (tertiary alicyclic amines) is 1. The fourth-order valence-corrected chi connectivity index (χ4v) is 3.43. The van der Waals surface area contributed by atoms with Crippen molar-refractivity contribution < 1.29 is 18.7 Å². The minimum atomic E-state index is -0.625. The van der Waals surface area contributed by atoms with E-state index >= 15 is 0 Å². The number of hydrogen-bond acceptors (Lipinski definition) is 4. The molecule has 19 heavy (non-hydrogen) atoms. The molecule has 2 saturated heterocycles. The van der Waals surface area contributed by atoms with Gasteiger partial charge in [0.15, 0.2) is 0 Å². The van der Waals surface area contributed by atoms with E-state index in [1.807, 2.05) is 19.1 Å². The summed E-state index contributed by atoms with van der Waals surface area (Å²) in [6.07, 6.45) is 5.08. The third kappa shape index (κ3) is 1.28. The Morgan fingerprint density at radius 2 is 2.21 bits per heavy atom. The van der Waals surface area contributed by atoms with Gasteiger partial charge in [0.2, 0.25) is 11.8 Å². The Morgan fingerprint density at radius 1 is 1.37 bits per heavy atom. The molecule has 4 heterocycles. The van der Waals surface area contributed by atoms with Crippen LogP contribution in [0.1, 0.15) is 12.7 Å². The van der Waals surface area contributed by atoms with Crippen molar-refractivity contribution in [1.29, 1.82) is 0 Å². The van der Waals surface area contributed by atoms with E-state index in [9.17, 15) is 9.59 Å². The van der Waals surface area contributed by atoms with Gasteiger partial charge in [-0.1, -0.05) is 12.2 Å². The van der Waals surface area contributed by atoms with Crippen molar-refractivity contribution in [3.05, 3.63) is 36.3 Å². The number of amides is 2. The van der Waals surface area contributed by atoms with Gasteiger partial charge in [0.1, 0.15) is 5.76 Å². The summed E-state index contributed by atoms with van der Waals surface area (Å²) in [4.78, 5) is 26.2. The lowest BCUT2D eigenvalue weighted by atomic mass is 9.78. The molecule has 0 aromatic carbocycles. The summed E-state index contributed by atoms with van der Waals surface area (Å²) in [5.74, 6) is -0.430. The van der Waals surface area contributed by atoms with E-state index in [2.05, 4.69) is 0 Å². The van der Waals surface area contributed by atoms with E-state index in [0.29, 0.717) is 5.76 Å². The number of furan rings is 1. The second-order valence-corrected chi connectivity index (χ2v) is 5.47. The second kappa shape index (κ2) is 3.36. The predicted molar refractivity (Wildman–Crippen MR) is 63.7 cm³/mol. The van der Waals surface area contributed by atoms with Crippen LogP contribution in [0, 0.1) is 11.8 Å². The quantitative estimate of drug-likeness (QED) is 0.589. The molecular formula is C14H13NO4. The standard InChI is InChI=1S/C14H13NO4/c1-14-5-4-9(19-14)10-11(14)13(17)15(12(10)16)7-8-3-2-6-18-8/h2-6,9-11H,7H2,1H3/t9-,10+,11+,14+/m1/s1. The number of ether oxygens (including phenoxy) is 1. The fraction of sp³-hybridized carbons (Fsp3) is 0.429. The summed E-state index contributed by atoms with van der Waals surface area (Å²) in [5, 5.41) is 0. The zero-order chi connectivity index (χ0) is 13.2. The molecule has 4 atom stereocenters. The molecule has 3 aliphatic rings. The molecule has 0 N–H and O–H groups in total. The van der Waals surface area contributed by atoms with Gasteiger partial charge in [0, 0.05) is 0 Å². The van der Waals surface area contributed by atoms with Crippen LogP contribution in [0.2, 0.25) is 0 Å². The first-order valence-electron chi connectivity index (χ1n) is 6.35. The summed E-state index contributed by atoms with van der Waals surface area (Å²) in [5.41, 5.74) is -0.625. The normalized spacial score (nSPS) is 39.4. The molecule has 3 aliphatic heterocycles. The van der Waals surface area contributed by atoms with Crippen molar-refractivity contribution in [3.63, 3.8) is 0 Å². The van der Waals surface area contributed by atoms with Crippen molar-refractivity contribution >= 4 is 11.8 Å². The summed E-state index contributed by atoms with van der Waals surface area (Å²) in [6.45, 7) is 2.08. The summed E-state index contributed by atoms with van der Waals surface area (Å²) in [6, 6.07) is 3.51. The van der Waals surface area contributed by atoms with E-state index in [1.54, 1.807) is 12.1 Å². The van der Waals surface area contributed by atoms with Crippen molar-refractivity contribution in [2.24, 2.45) is 11.8 Å². The van der Waals surface area contributed by atoms with Crippen molar-refractivity contribution in [2.75, 3.05) is 0 Å². The van der Waals surface area contributed by atoms with Gasteiger partial charge >= 0.3 is 0 Å². The average Bonchev–Trinajstić information content (AvgIpc) is 3.09. The first-order valence-corrected chi connectivity index (χ1v) is 6.35. The monoisotopic (exact) mass is 259 g/mol. The van der Waals surface area contributed by atoms with Crippen LogP contribution < -0.4 is 0 Å². The van der Waals surface area contributed by atoms with E-state index < -0.39 is 5.60 Å². The van der Waals surface area contributed by atoms with Crippen LogP contribution in [0.4, 0.5) is 0 Å². The average molecular weight is 259 g/mol. The van der Waals surface area contributed by atoms with Gasteiger partial charge in [-0.15, -0.1) is 0 Å². The minimum Gasteiger partial charge on any atom is -0.467 e. The van der Waals surface area contributed by atoms with Crippen LogP contribution >= 0.6 is 0 Å². The van der Waals surface area contributed by atoms with E-state index in [1.165, 1.54) is 11.2 Å². The Bertz CT molecular complexity index is 591. The van der Waals surface area contributed by atoms with Gasteiger partial charge in [0.25, 0.3) is 0 Å². The highest BCUT2D eigenvalue weighted by atomic mass is 16.5. The van der Waals surface area contributed by atoms with Crippen LogP contribution in [0.3, 0.4) is 0 Å². The Kier molecular flexibility index (Phi) is 1.94. The molecular weight excluding hydrogens is 246 g/mol. The highest BCUT2D eigenvalue weighted by Crippen LogP contribution is 2.51. The van der Waals surface area contributed by atoms with Gasteiger partial charge in [0.05, 0.1) is 36.3 Å². The highest BCUT2D eigenvalue weighted by Gasteiger charge is 2.65. The number of hydrogen-bond donors (Lipinski definition) is 0. The topological polar surface area (TPSA) is 59.8 Å². The number of carbonyl (C=O) groups is 2. The summed E-state index contributed by atoms with van der Waals surface area (Å²) < 4.78 is 11.0. The maximum absolute atomic E-state index is 12.5. The lowest BCUT2D eigenvalue weighted by Crippen LogP contribution is -2.38. The van der Waals surface area contributed by atoms with Crippen LogP contribution in [-0.4, -0.2) is 28.4 Å². The highest BCUT2D eigenvalue weighted by molar-refractivity contribution is 6.07. The predicted octanol–water partition coefficient (Wildman–Crippen LogP) is 1.11. The molecule has 98 valence electrons. The smallest absolute Gasteiger partial charge is 0.236 e. The second-order valence-electron chi connectivity index (χ2n) is 5.47. The van der Waals surface area contributed by atoms with Gasteiger partial charge in [-0.05, 0) is 19.1 Å². The number of rotatable bonds is 2. The van der Waals surface area contributed by atoms with Crippen LogP contribution in [0.25, 0.3) is 0 Å². The maximum atomic E-state index is 12.5. The molecule has 0 radical (unpaired) electrons. The van der Waals surface area contributed by atoms with E-state index in [0.717, 1.165) is 0 Å². The lowest BCUT2D eigenvalue weighted by Gasteiger charge is -2.23. The Hall–Kier alpha value is -1.88. The Labute approximate surface area is 109 Å². The third-order valence-corrected chi connectivity index (χ3v) is 4.31. The van der Waals surface area contributed by atoms with Gasteiger partial charge < -0.3 is 9.15 Å². The number of imide groups is 1. The molecule has 2 bridgehead atoms. The Morgan fingerprint density at radius 3 is 2.89 bits per heavy atom.